The molecular weight excluding hydrogens is 304 g/mol. The fourth-order valence-electron chi connectivity index (χ4n) is 1.97. The molecule has 118 valence electrons. The zero-order valence-corrected chi connectivity index (χ0v) is 13.3. The van der Waals surface area contributed by atoms with Gasteiger partial charge in [-0.05, 0) is 26.0 Å². The molecule has 1 heterocycles. The molecule has 0 spiro atoms. The van der Waals surface area contributed by atoms with Crippen molar-refractivity contribution < 1.29 is 17.9 Å². The van der Waals surface area contributed by atoms with Crippen molar-refractivity contribution in [3.05, 3.63) is 36.7 Å². The van der Waals surface area contributed by atoms with E-state index in [2.05, 4.69) is 9.71 Å². The Morgan fingerprint density at radius 3 is 2.82 bits per heavy atom. The van der Waals surface area contributed by atoms with Crippen LogP contribution in [0.4, 0.5) is 0 Å². The van der Waals surface area contributed by atoms with Crippen molar-refractivity contribution in [1.29, 1.82) is 0 Å². The molecule has 7 heteroatoms. The van der Waals surface area contributed by atoms with Gasteiger partial charge in [-0.2, -0.15) is 0 Å². The third-order valence-electron chi connectivity index (χ3n) is 2.96. The molecule has 0 fully saturated rings. The Balaban J connectivity index is 2.17. The molecule has 1 amide bonds. The number of carbonyl (C=O) groups is 1. The minimum Gasteiger partial charge on any atom is -0.378 e. The number of carbonyl (C=O) groups excluding carboxylic acids is 1. The van der Waals surface area contributed by atoms with E-state index in [1.54, 1.807) is 24.4 Å². The van der Waals surface area contributed by atoms with E-state index in [1.807, 2.05) is 13.8 Å². The molecule has 1 aromatic carbocycles. The summed E-state index contributed by atoms with van der Waals surface area (Å²) < 4.78 is 32.0. The molecule has 1 aromatic heterocycles. The van der Waals surface area contributed by atoms with E-state index in [9.17, 15) is 13.2 Å². The molecule has 0 bridgehead atoms. The molecule has 0 radical (unpaired) electrons. The molecular formula is C15H18N2O4S. The standard InChI is InChI=1S/C15H18N2O4S/c1-11(2)21-9-7-15(18)17-22(19,20)14-5-3-4-12-10-16-8-6-13(12)14/h3-6,8,10-11H,7,9H2,1-2H3,(H,17,18). The van der Waals surface area contributed by atoms with Crippen LogP contribution in [-0.2, 0) is 19.6 Å². The number of benzene rings is 1. The molecule has 0 saturated carbocycles. The van der Waals surface area contributed by atoms with Crippen LogP contribution in [0.5, 0.6) is 0 Å². The topological polar surface area (TPSA) is 85.4 Å². The third kappa shape index (κ3) is 4.02. The molecule has 0 unspecified atom stereocenters. The van der Waals surface area contributed by atoms with E-state index >= 15 is 0 Å². The summed E-state index contributed by atoms with van der Waals surface area (Å²) in [7, 11) is -3.92. The van der Waals surface area contributed by atoms with Crippen molar-refractivity contribution in [3.63, 3.8) is 0 Å². The Kier molecular flexibility index (Phi) is 5.10. The Hall–Kier alpha value is -1.99. The van der Waals surface area contributed by atoms with Gasteiger partial charge in [-0.3, -0.25) is 9.78 Å². The maximum Gasteiger partial charge on any atom is 0.264 e. The number of sulfonamides is 1. The second-order valence-corrected chi connectivity index (χ2v) is 6.70. The first kappa shape index (κ1) is 16.4. The van der Waals surface area contributed by atoms with E-state index in [4.69, 9.17) is 4.74 Å². The van der Waals surface area contributed by atoms with E-state index in [0.29, 0.717) is 10.8 Å². The molecule has 2 rings (SSSR count). The van der Waals surface area contributed by atoms with E-state index < -0.39 is 15.9 Å². The zero-order chi connectivity index (χ0) is 16.2. The van der Waals surface area contributed by atoms with Gasteiger partial charge in [-0.1, -0.05) is 12.1 Å². The van der Waals surface area contributed by atoms with E-state index in [-0.39, 0.29) is 24.0 Å². The Morgan fingerprint density at radius 2 is 2.09 bits per heavy atom. The van der Waals surface area contributed by atoms with Crippen LogP contribution in [0.3, 0.4) is 0 Å². The van der Waals surface area contributed by atoms with Gasteiger partial charge in [-0.25, -0.2) is 13.1 Å². The first-order valence-electron chi connectivity index (χ1n) is 6.90. The van der Waals surface area contributed by atoms with Gasteiger partial charge in [-0.15, -0.1) is 0 Å². The van der Waals surface area contributed by atoms with Crippen molar-refractivity contribution in [3.8, 4) is 0 Å². The Bertz CT molecular complexity index is 767. The lowest BCUT2D eigenvalue weighted by Gasteiger charge is -2.10. The molecule has 0 atom stereocenters. The number of nitrogens with zero attached hydrogens (tertiary/aromatic N) is 1. The summed E-state index contributed by atoms with van der Waals surface area (Å²) >= 11 is 0. The monoisotopic (exact) mass is 322 g/mol. The van der Waals surface area contributed by atoms with Crippen LogP contribution >= 0.6 is 0 Å². The normalized spacial score (nSPS) is 11.8. The van der Waals surface area contributed by atoms with Gasteiger partial charge in [0.15, 0.2) is 0 Å². The second kappa shape index (κ2) is 6.85. The van der Waals surface area contributed by atoms with Crippen molar-refractivity contribution >= 4 is 26.7 Å². The number of pyridine rings is 1. The summed E-state index contributed by atoms with van der Waals surface area (Å²) in [5.74, 6) is -0.591. The summed E-state index contributed by atoms with van der Waals surface area (Å²) in [6.45, 7) is 3.87. The van der Waals surface area contributed by atoms with E-state index in [0.717, 1.165) is 0 Å². The summed E-state index contributed by atoms with van der Waals surface area (Å²) in [5.41, 5.74) is 0. The van der Waals surface area contributed by atoms with Gasteiger partial charge in [0.1, 0.15) is 0 Å². The number of amides is 1. The molecule has 0 aliphatic rings. The highest BCUT2D eigenvalue weighted by atomic mass is 32.2. The predicted molar refractivity (Wildman–Crippen MR) is 82.8 cm³/mol. The summed E-state index contributed by atoms with van der Waals surface area (Å²) in [6, 6.07) is 6.45. The van der Waals surface area contributed by atoms with Crippen LogP contribution in [-0.4, -0.2) is 32.0 Å². The molecule has 1 N–H and O–H groups in total. The van der Waals surface area contributed by atoms with Gasteiger partial charge < -0.3 is 4.74 Å². The van der Waals surface area contributed by atoms with Gasteiger partial charge in [0, 0.05) is 23.2 Å². The van der Waals surface area contributed by atoms with Crippen LogP contribution in [0.2, 0.25) is 0 Å². The van der Waals surface area contributed by atoms with Crippen molar-refractivity contribution in [2.45, 2.75) is 31.3 Å². The fourth-order valence-corrected chi connectivity index (χ4v) is 3.22. The number of hydrogen-bond donors (Lipinski definition) is 1. The smallest absolute Gasteiger partial charge is 0.264 e. The van der Waals surface area contributed by atoms with Crippen LogP contribution in [0.1, 0.15) is 20.3 Å². The minimum absolute atomic E-state index is 0.00465. The van der Waals surface area contributed by atoms with Crippen LogP contribution in [0.15, 0.2) is 41.6 Å². The number of aromatic nitrogens is 1. The summed E-state index contributed by atoms with van der Waals surface area (Å²) in [4.78, 5) is 15.8. The van der Waals surface area contributed by atoms with Gasteiger partial charge in [0.05, 0.1) is 24.0 Å². The highest BCUT2D eigenvalue weighted by molar-refractivity contribution is 7.90. The van der Waals surface area contributed by atoms with Crippen LogP contribution in [0.25, 0.3) is 10.8 Å². The maximum absolute atomic E-state index is 12.4. The molecule has 0 aliphatic carbocycles. The lowest BCUT2D eigenvalue weighted by atomic mass is 10.2. The fraction of sp³-hybridized carbons (Fsp3) is 0.333. The van der Waals surface area contributed by atoms with Crippen LogP contribution < -0.4 is 4.72 Å². The number of nitrogens with one attached hydrogen (secondary N) is 1. The van der Waals surface area contributed by atoms with Gasteiger partial charge in [0.25, 0.3) is 10.0 Å². The Labute approximate surface area is 129 Å². The first-order valence-corrected chi connectivity index (χ1v) is 8.38. The molecule has 6 nitrogen and oxygen atoms in total. The number of fused-ring (bicyclic) bond motifs is 1. The summed E-state index contributed by atoms with van der Waals surface area (Å²) in [6.07, 6.45) is 3.07. The number of hydrogen-bond acceptors (Lipinski definition) is 5. The molecule has 0 aliphatic heterocycles. The highest BCUT2D eigenvalue weighted by Gasteiger charge is 2.20. The van der Waals surface area contributed by atoms with Crippen molar-refractivity contribution in [1.82, 2.24) is 9.71 Å². The number of ether oxygens (including phenoxy) is 1. The first-order chi connectivity index (χ1) is 10.4. The van der Waals surface area contributed by atoms with Gasteiger partial charge >= 0.3 is 0 Å². The van der Waals surface area contributed by atoms with Gasteiger partial charge in [0.2, 0.25) is 5.91 Å². The maximum atomic E-state index is 12.4. The van der Waals surface area contributed by atoms with E-state index in [1.165, 1.54) is 12.3 Å². The quantitative estimate of drug-likeness (QED) is 0.877. The highest BCUT2D eigenvalue weighted by Crippen LogP contribution is 2.21. The average Bonchev–Trinajstić information content (AvgIpc) is 2.45. The largest absolute Gasteiger partial charge is 0.378 e. The third-order valence-corrected chi connectivity index (χ3v) is 4.39. The zero-order valence-electron chi connectivity index (χ0n) is 12.4. The lowest BCUT2D eigenvalue weighted by molar-refractivity contribution is -0.120. The number of rotatable bonds is 6. The van der Waals surface area contributed by atoms with Crippen molar-refractivity contribution in [2.75, 3.05) is 6.61 Å². The Morgan fingerprint density at radius 1 is 1.32 bits per heavy atom. The predicted octanol–water partition coefficient (Wildman–Crippen LogP) is 1.85. The van der Waals surface area contributed by atoms with Crippen molar-refractivity contribution in [2.24, 2.45) is 0 Å². The minimum atomic E-state index is -3.92. The average molecular weight is 322 g/mol. The molecule has 2 aromatic rings. The molecule has 0 saturated heterocycles. The second-order valence-electron chi connectivity index (χ2n) is 5.05. The lowest BCUT2D eigenvalue weighted by Crippen LogP contribution is -2.31. The molecule has 22 heavy (non-hydrogen) atoms. The van der Waals surface area contributed by atoms with Crippen LogP contribution in [0, 0.1) is 0 Å². The SMILES string of the molecule is CC(C)OCCC(=O)NS(=O)(=O)c1cccc2cnccc12. The summed E-state index contributed by atoms with van der Waals surface area (Å²) in [5, 5.41) is 1.22.